The van der Waals surface area contributed by atoms with E-state index in [9.17, 15) is 9.90 Å². The molecular formula is C25H28N2O4. The lowest BCUT2D eigenvalue weighted by molar-refractivity contribution is -0.137. The maximum Gasteiger partial charge on any atom is 0.304 e. The Morgan fingerprint density at radius 3 is 2.71 bits per heavy atom. The zero-order valence-electron chi connectivity index (χ0n) is 17.8. The standard InChI is InChI=1S/C25H28N2O4/c1-30-15-19(13-24(28)29)18-11-22-21(17-6-7-17)3-2-10-31-25(22)23(12-18)27-20-8-4-16(14-26)5-9-20/h4-5,8-9,11-12,17,19,21,27H,2-3,6-7,10,13,15H2,1H3,(H,28,29). The van der Waals surface area contributed by atoms with Gasteiger partial charge in [-0.05, 0) is 79.0 Å². The highest BCUT2D eigenvalue weighted by molar-refractivity contribution is 5.72. The van der Waals surface area contributed by atoms with Crippen LogP contribution in [0.3, 0.4) is 0 Å². The number of carboxylic acid groups (broad SMARTS) is 1. The topological polar surface area (TPSA) is 91.6 Å². The summed E-state index contributed by atoms with van der Waals surface area (Å²) in [5.41, 5.74) is 4.44. The van der Waals surface area contributed by atoms with Crippen molar-refractivity contribution in [1.82, 2.24) is 0 Å². The van der Waals surface area contributed by atoms with Crippen LogP contribution in [0.25, 0.3) is 0 Å². The summed E-state index contributed by atoms with van der Waals surface area (Å²) >= 11 is 0. The molecule has 2 unspecified atom stereocenters. The van der Waals surface area contributed by atoms with Gasteiger partial charge in [-0.1, -0.05) is 6.07 Å². The number of carbonyl (C=O) groups is 1. The first kappa shape index (κ1) is 21.2. The summed E-state index contributed by atoms with van der Waals surface area (Å²) in [4.78, 5) is 11.5. The molecule has 2 aromatic rings. The zero-order chi connectivity index (χ0) is 21.8. The van der Waals surface area contributed by atoms with Crippen LogP contribution in [-0.2, 0) is 9.53 Å². The highest BCUT2D eigenvalue weighted by atomic mass is 16.5. The number of nitriles is 1. The minimum Gasteiger partial charge on any atom is -0.491 e. The number of anilines is 2. The minimum atomic E-state index is -0.839. The molecule has 0 saturated heterocycles. The smallest absolute Gasteiger partial charge is 0.304 e. The van der Waals surface area contributed by atoms with Gasteiger partial charge in [0.05, 0.1) is 37.0 Å². The van der Waals surface area contributed by atoms with Gasteiger partial charge >= 0.3 is 5.97 Å². The van der Waals surface area contributed by atoms with Crippen molar-refractivity contribution < 1.29 is 19.4 Å². The number of carboxylic acids is 1. The third-order valence-corrected chi connectivity index (χ3v) is 6.19. The lowest BCUT2D eigenvalue weighted by Gasteiger charge is -2.24. The van der Waals surface area contributed by atoms with E-state index < -0.39 is 5.97 Å². The monoisotopic (exact) mass is 420 g/mol. The van der Waals surface area contributed by atoms with E-state index in [-0.39, 0.29) is 12.3 Å². The normalized spacial score (nSPS) is 18.8. The molecule has 6 heteroatoms. The number of aliphatic carboxylic acids is 1. The Balaban J connectivity index is 1.77. The van der Waals surface area contributed by atoms with Crippen LogP contribution < -0.4 is 10.1 Å². The first-order chi connectivity index (χ1) is 15.1. The molecule has 31 heavy (non-hydrogen) atoms. The summed E-state index contributed by atoms with van der Waals surface area (Å²) in [7, 11) is 1.60. The summed E-state index contributed by atoms with van der Waals surface area (Å²) in [5, 5.41) is 22.0. The molecule has 1 aliphatic carbocycles. The van der Waals surface area contributed by atoms with Gasteiger partial charge in [-0.3, -0.25) is 4.79 Å². The second kappa shape index (κ2) is 9.40. The molecule has 1 fully saturated rings. The van der Waals surface area contributed by atoms with Crippen molar-refractivity contribution in [3.63, 3.8) is 0 Å². The minimum absolute atomic E-state index is 0.0118. The zero-order valence-corrected chi connectivity index (χ0v) is 17.8. The van der Waals surface area contributed by atoms with Gasteiger partial charge in [-0.15, -0.1) is 0 Å². The van der Waals surface area contributed by atoms with Crippen LogP contribution in [0.4, 0.5) is 11.4 Å². The van der Waals surface area contributed by atoms with Crippen molar-refractivity contribution in [2.75, 3.05) is 25.6 Å². The Labute approximate surface area is 182 Å². The highest BCUT2D eigenvalue weighted by Gasteiger charge is 2.36. The van der Waals surface area contributed by atoms with Crippen LogP contribution >= 0.6 is 0 Å². The molecule has 1 heterocycles. The van der Waals surface area contributed by atoms with Gasteiger partial charge in [0.2, 0.25) is 0 Å². The number of ether oxygens (including phenoxy) is 2. The molecule has 2 atom stereocenters. The van der Waals surface area contributed by atoms with E-state index in [1.165, 1.54) is 18.4 Å². The Morgan fingerprint density at radius 1 is 1.29 bits per heavy atom. The Bertz CT molecular complexity index is 976. The molecule has 2 aromatic carbocycles. The van der Waals surface area contributed by atoms with Crippen molar-refractivity contribution in [3.05, 3.63) is 53.1 Å². The second-order valence-corrected chi connectivity index (χ2v) is 8.49. The average Bonchev–Trinajstić information content (AvgIpc) is 3.60. The predicted octanol–water partition coefficient (Wildman–Crippen LogP) is 5.17. The Kier molecular flexibility index (Phi) is 6.43. The van der Waals surface area contributed by atoms with E-state index in [4.69, 9.17) is 14.7 Å². The molecule has 6 nitrogen and oxygen atoms in total. The number of fused-ring (bicyclic) bond motifs is 1. The van der Waals surface area contributed by atoms with Gasteiger partial charge in [0.25, 0.3) is 0 Å². The average molecular weight is 421 g/mol. The summed E-state index contributed by atoms with van der Waals surface area (Å²) in [5.74, 6) is 0.908. The van der Waals surface area contributed by atoms with E-state index >= 15 is 0 Å². The van der Waals surface area contributed by atoms with E-state index in [1.54, 1.807) is 19.2 Å². The van der Waals surface area contributed by atoms with Crippen LogP contribution in [0.5, 0.6) is 5.75 Å². The van der Waals surface area contributed by atoms with Crippen molar-refractivity contribution in [3.8, 4) is 11.8 Å². The van der Waals surface area contributed by atoms with Gasteiger partial charge in [-0.2, -0.15) is 5.26 Å². The van der Waals surface area contributed by atoms with Crippen molar-refractivity contribution in [2.24, 2.45) is 5.92 Å². The molecule has 1 aliphatic heterocycles. The third-order valence-electron chi connectivity index (χ3n) is 6.19. The molecular weight excluding hydrogens is 392 g/mol. The number of nitrogens with one attached hydrogen (secondary N) is 1. The summed E-state index contributed by atoms with van der Waals surface area (Å²) in [6.45, 7) is 1.02. The molecule has 4 rings (SSSR count). The largest absolute Gasteiger partial charge is 0.491 e. The van der Waals surface area contributed by atoms with Crippen molar-refractivity contribution in [1.29, 1.82) is 5.26 Å². The first-order valence-electron chi connectivity index (χ1n) is 10.9. The fraction of sp³-hybridized carbons (Fsp3) is 0.440. The number of hydrogen-bond donors (Lipinski definition) is 2. The second-order valence-electron chi connectivity index (χ2n) is 8.49. The fourth-order valence-corrected chi connectivity index (χ4v) is 4.53. The predicted molar refractivity (Wildman–Crippen MR) is 118 cm³/mol. The molecule has 162 valence electrons. The molecule has 2 N–H and O–H groups in total. The van der Waals surface area contributed by atoms with Gasteiger partial charge in [0, 0.05) is 18.7 Å². The van der Waals surface area contributed by atoms with E-state index in [2.05, 4.69) is 17.5 Å². The van der Waals surface area contributed by atoms with Gasteiger partial charge in [0.15, 0.2) is 0 Å². The summed E-state index contributed by atoms with van der Waals surface area (Å²) < 4.78 is 11.6. The third kappa shape index (κ3) is 5.00. The molecule has 0 aromatic heterocycles. The lowest BCUT2D eigenvalue weighted by Crippen LogP contribution is -2.13. The molecule has 1 saturated carbocycles. The SMILES string of the molecule is COCC(CC(=O)O)c1cc(Nc2ccc(C#N)cc2)c2c(c1)C(C1CC1)CCCO2. The molecule has 0 bridgehead atoms. The van der Waals surface area contributed by atoms with Gasteiger partial charge in [0.1, 0.15) is 5.75 Å². The van der Waals surface area contributed by atoms with E-state index in [1.807, 2.05) is 18.2 Å². The van der Waals surface area contributed by atoms with Crippen molar-refractivity contribution >= 4 is 17.3 Å². The van der Waals surface area contributed by atoms with Gasteiger partial charge in [-0.25, -0.2) is 0 Å². The molecule has 0 amide bonds. The maximum atomic E-state index is 11.5. The Morgan fingerprint density at radius 2 is 2.06 bits per heavy atom. The number of rotatable bonds is 8. The number of benzene rings is 2. The summed E-state index contributed by atoms with van der Waals surface area (Å²) in [6.07, 6.45) is 4.59. The van der Waals surface area contributed by atoms with E-state index in [0.29, 0.717) is 30.6 Å². The number of methoxy groups -OCH3 is 1. The maximum absolute atomic E-state index is 11.5. The molecule has 0 spiro atoms. The van der Waals surface area contributed by atoms with Crippen LogP contribution in [-0.4, -0.2) is 31.4 Å². The molecule has 0 radical (unpaired) electrons. The van der Waals surface area contributed by atoms with Crippen molar-refractivity contribution in [2.45, 2.75) is 43.9 Å². The van der Waals surface area contributed by atoms with Crippen LogP contribution in [0.2, 0.25) is 0 Å². The lowest BCUT2D eigenvalue weighted by atomic mass is 9.85. The fourth-order valence-electron chi connectivity index (χ4n) is 4.53. The number of hydrogen-bond acceptors (Lipinski definition) is 5. The van der Waals surface area contributed by atoms with Crippen LogP contribution in [0, 0.1) is 17.2 Å². The van der Waals surface area contributed by atoms with Crippen LogP contribution in [0.15, 0.2) is 36.4 Å². The Hall–Kier alpha value is -3.04. The summed E-state index contributed by atoms with van der Waals surface area (Å²) in [6, 6.07) is 13.6. The number of nitrogens with zero attached hydrogens (tertiary/aromatic N) is 1. The van der Waals surface area contributed by atoms with Gasteiger partial charge < -0.3 is 19.9 Å². The molecule has 2 aliphatic rings. The van der Waals surface area contributed by atoms with Crippen LogP contribution in [0.1, 0.15) is 60.6 Å². The first-order valence-corrected chi connectivity index (χ1v) is 10.9. The highest BCUT2D eigenvalue weighted by Crippen LogP contribution is 2.51. The quantitative estimate of drug-likeness (QED) is 0.612. The van der Waals surface area contributed by atoms with E-state index in [0.717, 1.165) is 35.5 Å².